The maximum atomic E-state index is 6.00. The third-order valence-corrected chi connectivity index (χ3v) is 0. The minimum absolute atomic E-state index is 0. The largest absolute Gasteiger partial charge is 0.0149 e. The molecule has 0 bridgehead atoms. The fourth-order valence-corrected chi connectivity index (χ4v) is 0. The Morgan fingerprint density at radius 2 is 1.00 bits per heavy atom. The maximum absolute atomic E-state index is 6.00. The summed E-state index contributed by atoms with van der Waals surface area (Å²) in [6.07, 6.45) is 0. The zero-order valence-corrected chi connectivity index (χ0v) is 0.894. The van der Waals surface area contributed by atoms with E-state index in [1.54, 1.807) is 0 Å². The number of hydrogen-bond donors (Lipinski definition) is 0. The predicted octanol–water partition coefficient (Wildman–Crippen LogP) is -2.07. The molecule has 0 heterocycles. The van der Waals surface area contributed by atoms with Crippen LogP contribution in [0.15, 0.2) is 0 Å². The van der Waals surface area contributed by atoms with Crippen molar-refractivity contribution in [3.8, 4) is 0 Å². The molecule has 0 unspecified atom stereocenters. The Balaban J connectivity index is -0.00000000500. The van der Waals surface area contributed by atoms with Crippen molar-refractivity contribution in [2.75, 3.05) is 0 Å². The molecule has 4 heteroatoms. The van der Waals surface area contributed by atoms with Crippen LogP contribution in [0.4, 0.5) is 0 Å². The van der Waals surface area contributed by atoms with Gasteiger partial charge in [0, 0.05) is 10.8 Å². The molecule has 0 rings (SSSR count). The van der Waals surface area contributed by atoms with Crippen LogP contribution in [0.2, 0.25) is 0 Å². The van der Waals surface area contributed by atoms with Crippen molar-refractivity contribution in [3.05, 3.63) is 0 Å². The van der Waals surface area contributed by atoms with Gasteiger partial charge in [-0.3, -0.25) is 0 Å². The van der Waals surface area contributed by atoms with Crippen LogP contribution in [0.3, 0.4) is 0 Å². The van der Waals surface area contributed by atoms with Crippen LogP contribution in [-0.2, 0) is 0 Å². The zero-order chi connectivity index (χ0) is 2.00. The second kappa shape index (κ2) is 28.2. The molecule has 0 radical (unpaired) electrons. The fraction of sp³-hybridized carbons (Fsp3) is 0. The quantitative estimate of drug-likeness (QED) is 0.259. The van der Waals surface area contributed by atoms with E-state index in [9.17, 15) is 0 Å². The fourth-order valence-electron chi connectivity index (χ4n) is 0. The van der Waals surface area contributed by atoms with Gasteiger partial charge in [0.25, 0.3) is 0 Å². The standard InChI is InChI=1S/K.N2.H4Si.H/c;1-2;;/h;;1H4;. The molecule has 2 nitrogen and oxygen atoms in total. The summed E-state index contributed by atoms with van der Waals surface area (Å²) in [5.74, 6) is 0. The third kappa shape index (κ3) is 10.4. The van der Waals surface area contributed by atoms with Gasteiger partial charge >= 0.3 is 51.4 Å². The van der Waals surface area contributed by atoms with Crippen molar-refractivity contribution in [1.82, 2.24) is 0 Å². The van der Waals surface area contributed by atoms with Crippen LogP contribution < -0.4 is 0 Å². The normalized spacial score (nSPS) is 0.500. The van der Waals surface area contributed by atoms with E-state index in [-0.39, 0.29) is 62.3 Å². The molecule has 4 heavy (non-hydrogen) atoms. The van der Waals surface area contributed by atoms with Crippen molar-refractivity contribution in [3.63, 3.8) is 0 Å². The molecule has 0 atom stereocenters. The molecule has 20 valence electrons. The van der Waals surface area contributed by atoms with E-state index in [1.807, 2.05) is 0 Å². The Morgan fingerprint density at radius 3 is 1.00 bits per heavy atom. The molecule has 0 aromatic heterocycles. The van der Waals surface area contributed by atoms with E-state index in [4.69, 9.17) is 10.8 Å². The molecule has 0 aliphatic carbocycles. The summed E-state index contributed by atoms with van der Waals surface area (Å²) in [4.78, 5) is 0. The van der Waals surface area contributed by atoms with Crippen molar-refractivity contribution < 1.29 is 0 Å². The minimum Gasteiger partial charge on any atom is -0.0149 e. The molecule has 0 spiro atoms. The van der Waals surface area contributed by atoms with Gasteiger partial charge in [-0.15, -0.1) is 0 Å². The molecule has 0 aliphatic rings. The van der Waals surface area contributed by atoms with Gasteiger partial charge in [-0.1, -0.05) is 0 Å². The summed E-state index contributed by atoms with van der Waals surface area (Å²) >= 11 is 0. The average molecular weight is 100 g/mol. The molecular weight excluding hydrogens is 95.2 g/mol. The van der Waals surface area contributed by atoms with E-state index >= 15 is 0 Å². The second-order valence-corrected chi connectivity index (χ2v) is 0. The van der Waals surface area contributed by atoms with Crippen LogP contribution in [-0.4, -0.2) is 62.3 Å². The first-order valence-electron chi connectivity index (χ1n) is 0.200. The van der Waals surface area contributed by atoms with Crippen molar-refractivity contribution >= 4 is 62.3 Å². The Hall–Kier alpha value is 1.27. The summed E-state index contributed by atoms with van der Waals surface area (Å²) in [5, 5.41) is 12.0. The van der Waals surface area contributed by atoms with Crippen molar-refractivity contribution in [2.45, 2.75) is 0 Å². The Kier molecular flexibility index (Phi) is 132. The van der Waals surface area contributed by atoms with Gasteiger partial charge in [-0.25, -0.2) is 0 Å². The number of hydrogen-bond acceptors (Lipinski definition) is 2. The number of rotatable bonds is 0. The first-order chi connectivity index (χ1) is 1.00. The molecule has 0 saturated carbocycles. The van der Waals surface area contributed by atoms with E-state index in [1.165, 1.54) is 0 Å². The third-order valence-electron chi connectivity index (χ3n) is 0. The average Bonchev–Trinajstić information content (AvgIpc) is 1.00. The molecular formula is H5KN2Si. The summed E-state index contributed by atoms with van der Waals surface area (Å²) in [6.45, 7) is 0. The van der Waals surface area contributed by atoms with Gasteiger partial charge < -0.3 is 0 Å². The van der Waals surface area contributed by atoms with Crippen LogP contribution >= 0.6 is 0 Å². The first kappa shape index (κ1) is 18.6. The number of nitrogens with zero attached hydrogens (tertiary/aromatic N) is 2. The minimum atomic E-state index is 0. The molecule has 0 aromatic carbocycles. The molecule has 0 aromatic rings. The van der Waals surface area contributed by atoms with Crippen LogP contribution in [0, 0.1) is 10.8 Å². The van der Waals surface area contributed by atoms with Crippen LogP contribution in [0.25, 0.3) is 0 Å². The Morgan fingerprint density at radius 1 is 1.00 bits per heavy atom. The summed E-state index contributed by atoms with van der Waals surface area (Å²) < 4.78 is 0. The van der Waals surface area contributed by atoms with Gasteiger partial charge in [0.05, 0.1) is 0 Å². The molecule has 0 amide bonds. The van der Waals surface area contributed by atoms with E-state index in [0.29, 0.717) is 0 Å². The van der Waals surface area contributed by atoms with Gasteiger partial charge in [0.15, 0.2) is 0 Å². The predicted molar refractivity (Wildman–Crippen MR) is 21.9 cm³/mol. The summed E-state index contributed by atoms with van der Waals surface area (Å²) in [7, 11) is 0. The summed E-state index contributed by atoms with van der Waals surface area (Å²) in [6, 6.07) is 0. The maximum Gasteiger partial charge on any atom is -0.0149 e. The Bertz CT molecular complexity index is 10.8. The van der Waals surface area contributed by atoms with Gasteiger partial charge in [-0.05, 0) is 11.0 Å². The molecule has 0 N–H and O–H groups in total. The topological polar surface area (TPSA) is 47.6 Å². The van der Waals surface area contributed by atoms with Crippen molar-refractivity contribution in [1.29, 1.82) is 10.8 Å². The van der Waals surface area contributed by atoms with Gasteiger partial charge in [0.1, 0.15) is 0 Å². The second-order valence-electron chi connectivity index (χ2n) is 0. The smallest absolute Gasteiger partial charge is 0.0149 e. The summed E-state index contributed by atoms with van der Waals surface area (Å²) in [5.41, 5.74) is 0. The zero-order valence-electron chi connectivity index (χ0n) is 0.894. The monoisotopic (exact) mass is 100.0 g/mol. The first-order valence-corrected chi connectivity index (χ1v) is 0.200. The van der Waals surface area contributed by atoms with Crippen LogP contribution in [0.5, 0.6) is 0 Å². The molecule has 0 saturated heterocycles. The van der Waals surface area contributed by atoms with E-state index in [2.05, 4.69) is 0 Å². The van der Waals surface area contributed by atoms with Gasteiger partial charge in [0.2, 0.25) is 0 Å². The molecule has 0 aliphatic heterocycles. The van der Waals surface area contributed by atoms with E-state index < -0.39 is 0 Å². The van der Waals surface area contributed by atoms with E-state index in [0.717, 1.165) is 0 Å². The molecule has 0 fully saturated rings. The van der Waals surface area contributed by atoms with Gasteiger partial charge in [-0.2, -0.15) is 0 Å². The van der Waals surface area contributed by atoms with Crippen molar-refractivity contribution in [2.24, 2.45) is 0 Å². The van der Waals surface area contributed by atoms with Crippen LogP contribution in [0.1, 0.15) is 0 Å². The SMILES string of the molecule is N#N.[KH].[SiH4]. The Labute approximate surface area is 71.8 Å².